The van der Waals surface area contributed by atoms with Gasteiger partial charge < -0.3 is 10.4 Å². The number of aliphatic hydroxyl groups is 1. The summed E-state index contributed by atoms with van der Waals surface area (Å²) in [4.78, 5) is 1.10. The number of thiophene rings is 1. The molecule has 102 valence electrons. The maximum atomic E-state index is 13.4. The minimum absolute atomic E-state index is 0.0964. The summed E-state index contributed by atoms with van der Waals surface area (Å²) < 4.78 is 27.2. The van der Waals surface area contributed by atoms with Crippen LogP contribution in [0.1, 0.15) is 16.5 Å². The number of aliphatic hydroxyl groups excluding tert-OH is 1. The van der Waals surface area contributed by atoms with E-state index in [1.165, 1.54) is 6.07 Å². The molecule has 1 aromatic carbocycles. The van der Waals surface area contributed by atoms with E-state index in [-0.39, 0.29) is 12.1 Å². The van der Waals surface area contributed by atoms with E-state index in [0.717, 1.165) is 21.5 Å². The van der Waals surface area contributed by atoms with Gasteiger partial charge in [-0.3, -0.25) is 0 Å². The summed E-state index contributed by atoms with van der Waals surface area (Å²) in [7, 11) is 0. The lowest BCUT2D eigenvalue weighted by atomic mass is 10.1. The summed E-state index contributed by atoms with van der Waals surface area (Å²) in [6.45, 7) is 0.783. The monoisotopic (exact) mass is 347 g/mol. The van der Waals surface area contributed by atoms with Crippen LogP contribution in [0.25, 0.3) is 0 Å². The fourth-order valence-electron chi connectivity index (χ4n) is 1.66. The van der Waals surface area contributed by atoms with Crippen LogP contribution in [0, 0.1) is 11.6 Å². The summed E-state index contributed by atoms with van der Waals surface area (Å²) in [5, 5.41) is 14.9. The van der Waals surface area contributed by atoms with Crippen LogP contribution in [-0.2, 0) is 6.54 Å². The van der Waals surface area contributed by atoms with E-state index in [0.29, 0.717) is 6.54 Å². The first-order valence-corrected chi connectivity index (χ1v) is 7.31. The minimum atomic E-state index is -1.00. The molecule has 0 bridgehead atoms. The van der Waals surface area contributed by atoms with Crippen LogP contribution in [0.3, 0.4) is 0 Å². The second kappa shape index (κ2) is 6.56. The topological polar surface area (TPSA) is 32.3 Å². The molecule has 2 rings (SSSR count). The zero-order valence-corrected chi connectivity index (χ0v) is 12.3. The molecule has 6 heteroatoms. The highest BCUT2D eigenvalue weighted by molar-refractivity contribution is 9.10. The Balaban J connectivity index is 1.91. The highest BCUT2D eigenvalue weighted by Crippen LogP contribution is 2.22. The van der Waals surface area contributed by atoms with Gasteiger partial charge in [-0.25, -0.2) is 8.78 Å². The van der Waals surface area contributed by atoms with E-state index in [2.05, 4.69) is 21.2 Å². The van der Waals surface area contributed by atoms with Crippen molar-refractivity contribution in [2.24, 2.45) is 0 Å². The van der Waals surface area contributed by atoms with Gasteiger partial charge in [0.2, 0.25) is 0 Å². The molecule has 0 aliphatic heterocycles. The summed E-state index contributed by atoms with van der Waals surface area (Å²) in [5.41, 5.74) is 0.0964. The SMILES string of the molecule is OC(CNCc1sccc1Br)c1ccc(F)cc1F. The van der Waals surface area contributed by atoms with Crippen LogP contribution in [0.15, 0.2) is 34.1 Å². The molecule has 0 saturated carbocycles. The average Bonchev–Trinajstić information content (AvgIpc) is 2.75. The average molecular weight is 348 g/mol. The summed E-state index contributed by atoms with van der Waals surface area (Å²) in [5.74, 6) is -1.38. The Hall–Kier alpha value is -0.820. The normalized spacial score (nSPS) is 12.6. The molecule has 2 aromatic rings. The second-order valence-electron chi connectivity index (χ2n) is 4.00. The number of hydrogen-bond donors (Lipinski definition) is 2. The van der Waals surface area contributed by atoms with Crippen molar-refractivity contribution in [3.8, 4) is 0 Å². The van der Waals surface area contributed by atoms with E-state index in [9.17, 15) is 13.9 Å². The van der Waals surface area contributed by atoms with Crippen LogP contribution in [0.5, 0.6) is 0 Å². The van der Waals surface area contributed by atoms with Crippen LogP contribution < -0.4 is 5.32 Å². The summed E-state index contributed by atoms with van der Waals surface area (Å²) in [6.07, 6.45) is -1.00. The van der Waals surface area contributed by atoms with E-state index in [1.54, 1.807) is 11.3 Å². The van der Waals surface area contributed by atoms with Crippen molar-refractivity contribution < 1.29 is 13.9 Å². The van der Waals surface area contributed by atoms with Gasteiger partial charge in [-0.05, 0) is 33.4 Å². The highest BCUT2D eigenvalue weighted by Gasteiger charge is 2.13. The quantitative estimate of drug-likeness (QED) is 0.865. The van der Waals surface area contributed by atoms with Crippen molar-refractivity contribution in [3.05, 3.63) is 56.2 Å². The van der Waals surface area contributed by atoms with Gasteiger partial charge in [0.15, 0.2) is 0 Å². The molecular formula is C13H12BrF2NOS. The number of nitrogens with one attached hydrogen (secondary N) is 1. The van der Waals surface area contributed by atoms with Crippen molar-refractivity contribution in [1.29, 1.82) is 0 Å². The first-order valence-electron chi connectivity index (χ1n) is 5.63. The molecule has 0 radical (unpaired) electrons. The van der Waals surface area contributed by atoms with E-state index in [4.69, 9.17) is 0 Å². The van der Waals surface area contributed by atoms with Crippen LogP contribution in [0.4, 0.5) is 8.78 Å². The van der Waals surface area contributed by atoms with Crippen molar-refractivity contribution in [1.82, 2.24) is 5.32 Å². The molecule has 0 amide bonds. The van der Waals surface area contributed by atoms with Crippen molar-refractivity contribution in [3.63, 3.8) is 0 Å². The van der Waals surface area contributed by atoms with Gasteiger partial charge >= 0.3 is 0 Å². The maximum absolute atomic E-state index is 13.4. The third-order valence-corrected chi connectivity index (χ3v) is 4.56. The molecule has 0 aliphatic carbocycles. The van der Waals surface area contributed by atoms with Gasteiger partial charge in [-0.15, -0.1) is 11.3 Å². The molecule has 2 nitrogen and oxygen atoms in total. The highest BCUT2D eigenvalue weighted by atomic mass is 79.9. The van der Waals surface area contributed by atoms with Crippen LogP contribution in [-0.4, -0.2) is 11.7 Å². The minimum Gasteiger partial charge on any atom is -0.387 e. The Morgan fingerprint density at radius 1 is 1.32 bits per heavy atom. The molecule has 19 heavy (non-hydrogen) atoms. The van der Waals surface area contributed by atoms with E-state index < -0.39 is 17.7 Å². The number of rotatable bonds is 5. The molecule has 1 atom stereocenters. The Bertz CT molecular complexity index is 561. The first kappa shape index (κ1) is 14.6. The summed E-state index contributed by atoms with van der Waals surface area (Å²) >= 11 is 4.99. The molecule has 0 spiro atoms. The van der Waals surface area contributed by atoms with Crippen molar-refractivity contribution in [2.75, 3.05) is 6.54 Å². The number of halogens is 3. The fourth-order valence-corrected chi connectivity index (χ4v) is 3.12. The van der Waals surface area contributed by atoms with Gasteiger partial charge in [-0.2, -0.15) is 0 Å². The van der Waals surface area contributed by atoms with Gasteiger partial charge in [-0.1, -0.05) is 6.07 Å². The van der Waals surface area contributed by atoms with Gasteiger partial charge in [0.05, 0.1) is 6.10 Å². The molecule has 0 fully saturated rings. The second-order valence-corrected chi connectivity index (χ2v) is 5.86. The molecule has 1 heterocycles. The third kappa shape index (κ3) is 3.82. The lowest BCUT2D eigenvalue weighted by molar-refractivity contribution is 0.169. The number of hydrogen-bond acceptors (Lipinski definition) is 3. The number of benzene rings is 1. The lowest BCUT2D eigenvalue weighted by Crippen LogP contribution is -2.21. The Morgan fingerprint density at radius 2 is 2.11 bits per heavy atom. The van der Waals surface area contributed by atoms with Crippen molar-refractivity contribution >= 4 is 27.3 Å². The molecule has 0 aliphatic rings. The van der Waals surface area contributed by atoms with Gasteiger partial charge in [0.1, 0.15) is 11.6 Å². The first-order chi connectivity index (χ1) is 9.08. The lowest BCUT2D eigenvalue weighted by Gasteiger charge is -2.12. The van der Waals surface area contributed by atoms with Crippen LogP contribution in [0.2, 0.25) is 0 Å². The largest absolute Gasteiger partial charge is 0.387 e. The van der Waals surface area contributed by atoms with Crippen LogP contribution >= 0.6 is 27.3 Å². The van der Waals surface area contributed by atoms with Gasteiger partial charge in [0, 0.05) is 34.1 Å². The molecule has 1 unspecified atom stereocenters. The van der Waals surface area contributed by atoms with E-state index in [1.807, 2.05) is 11.4 Å². The van der Waals surface area contributed by atoms with Gasteiger partial charge in [0.25, 0.3) is 0 Å². The zero-order valence-electron chi connectivity index (χ0n) is 9.87. The Labute approximate surface area is 122 Å². The molecule has 2 N–H and O–H groups in total. The standard InChI is InChI=1S/C13H12BrF2NOS/c14-10-3-4-19-13(10)7-17-6-12(18)9-2-1-8(15)5-11(9)16/h1-5,12,17-18H,6-7H2. The Morgan fingerprint density at radius 3 is 2.74 bits per heavy atom. The third-order valence-electron chi connectivity index (χ3n) is 2.64. The van der Waals surface area contributed by atoms with Crippen molar-refractivity contribution in [2.45, 2.75) is 12.6 Å². The maximum Gasteiger partial charge on any atom is 0.131 e. The molecule has 1 aromatic heterocycles. The predicted molar refractivity (Wildman–Crippen MR) is 75.0 cm³/mol. The molecule has 0 saturated heterocycles. The molecular weight excluding hydrogens is 336 g/mol. The zero-order chi connectivity index (χ0) is 13.8. The smallest absolute Gasteiger partial charge is 0.131 e. The Kier molecular flexibility index (Phi) is 5.04. The summed E-state index contributed by atoms with van der Waals surface area (Å²) in [6, 6.07) is 5.11. The predicted octanol–water partition coefficient (Wildman–Crippen LogP) is 3.61. The van der Waals surface area contributed by atoms with E-state index >= 15 is 0 Å². The fraction of sp³-hybridized carbons (Fsp3) is 0.231.